The van der Waals surface area contributed by atoms with Gasteiger partial charge in [-0.25, -0.2) is 19.3 Å². The minimum Gasteiger partial charge on any atom is -0.447 e. The van der Waals surface area contributed by atoms with E-state index in [0.717, 1.165) is 34.0 Å². The summed E-state index contributed by atoms with van der Waals surface area (Å²) in [6, 6.07) is 12.8. The molecule has 50 heavy (non-hydrogen) atoms. The second-order valence-electron chi connectivity index (χ2n) is 12.7. The summed E-state index contributed by atoms with van der Waals surface area (Å²) in [4.78, 5) is 53.5. The molecule has 0 fully saturated rings. The summed E-state index contributed by atoms with van der Waals surface area (Å²) in [7, 11) is 0. The number of benzene rings is 3. The lowest BCUT2D eigenvalue weighted by atomic mass is 9.78. The maximum atomic E-state index is 14.1. The first-order chi connectivity index (χ1) is 23.8. The van der Waals surface area contributed by atoms with Crippen molar-refractivity contribution in [3.05, 3.63) is 99.6 Å². The number of H-pyrrole nitrogens is 1. The molecule has 1 aliphatic heterocycles. The fourth-order valence-corrected chi connectivity index (χ4v) is 6.21. The average Bonchev–Trinajstić information content (AvgIpc) is 3.52. The van der Waals surface area contributed by atoms with Crippen molar-refractivity contribution in [2.45, 2.75) is 78.0 Å². The van der Waals surface area contributed by atoms with Crippen LogP contribution >= 0.6 is 11.6 Å². The Hall–Kier alpha value is -5.30. The van der Waals surface area contributed by atoms with Crippen molar-refractivity contribution in [2.75, 3.05) is 0 Å². The first-order valence-electron chi connectivity index (χ1n) is 16.0. The molecule has 2 N–H and O–H groups in total. The van der Waals surface area contributed by atoms with Crippen molar-refractivity contribution in [3.8, 4) is 11.4 Å². The van der Waals surface area contributed by atoms with E-state index in [2.05, 4.69) is 20.7 Å². The topological polar surface area (TPSA) is 148 Å². The van der Waals surface area contributed by atoms with Crippen LogP contribution < -0.4 is 10.1 Å². The maximum Gasteiger partial charge on any atom is 0.310 e. The lowest BCUT2D eigenvalue weighted by Crippen LogP contribution is -2.46. The Labute approximate surface area is 293 Å². The van der Waals surface area contributed by atoms with E-state index in [1.54, 1.807) is 42.2 Å². The van der Waals surface area contributed by atoms with E-state index >= 15 is 0 Å². The summed E-state index contributed by atoms with van der Waals surface area (Å²) >= 11 is 6.21. The van der Waals surface area contributed by atoms with E-state index in [1.165, 1.54) is 18.3 Å². The Morgan fingerprint density at radius 1 is 1.08 bits per heavy atom. The predicted molar refractivity (Wildman–Crippen MR) is 183 cm³/mol. The Morgan fingerprint density at radius 3 is 2.46 bits per heavy atom. The number of nitrogens with one attached hydrogen (secondary N) is 2. The molecule has 2 atom stereocenters. The van der Waals surface area contributed by atoms with Crippen LogP contribution in [-0.2, 0) is 35.9 Å². The second kappa shape index (κ2) is 15.1. The number of esters is 2. The molecular weight excluding hydrogens is 667 g/mol. The first-order valence-corrected chi connectivity index (χ1v) is 16.4. The van der Waals surface area contributed by atoms with E-state index in [9.17, 15) is 23.6 Å². The zero-order valence-corrected chi connectivity index (χ0v) is 29.1. The quantitative estimate of drug-likeness (QED) is 0.140. The number of aromatic amines is 1. The molecule has 12 nitrogen and oxygen atoms in total. The zero-order chi connectivity index (χ0) is 36.2. The van der Waals surface area contributed by atoms with Crippen LogP contribution in [-0.4, -0.2) is 56.0 Å². The molecule has 4 aromatic rings. The van der Waals surface area contributed by atoms with E-state index < -0.39 is 47.1 Å². The molecule has 2 heterocycles. The standard InChI is InChI=1S/C36H38ClFN6O6/c1-6-30(45)49-29-16-21(2)15-22(3)32(29)36(4,5)18-31(46)50-33(23-7-10-26(38)11-8-23)35(48)44-28(13-14-41-44)34(47)39-19-24-17-25(37)9-12-27(24)43-20-40-42-43/h7-12,14-17,20,28,33,42H,6,13,18-19H2,1-5H3,(H,39,47)/t28-,33+/m0/s1. The molecule has 0 radical (unpaired) electrons. The Kier molecular flexibility index (Phi) is 10.9. The number of carbonyl (C=O) groups excluding carboxylic acids is 4. The molecule has 5 rings (SSSR count). The van der Waals surface area contributed by atoms with Gasteiger partial charge in [0.2, 0.25) is 12.0 Å². The highest BCUT2D eigenvalue weighted by molar-refractivity contribution is 6.30. The number of hydrogen-bond donors (Lipinski definition) is 2. The molecule has 0 aliphatic carbocycles. The van der Waals surface area contributed by atoms with Gasteiger partial charge in [0, 0.05) is 47.2 Å². The van der Waals surface area contributed by atoms with Crippen LogP contribution in [0.25, 0.3) is 5.69 Å². The van der Waals surface area contributed by atoms with Crippen molar-refractivity contribution in [2.24, 2.45) is 5.10 Å². The number of amides is 2. The minimum absolute atomic E-state index is 0.0821. The fourth-order valence-electron chi connectivity index (χ4n) is 6.02. The van der Waals surface area contributed by atoms with Crippen molar-refractivity contribution in [3.63, 3.8) is 0 Å². The normalized spacial score (nSPS) is 14.8. The third kappa shape index (κ3) is 8.11. The van der Waals surface area contributed by atoms with E-state index in [4.69, 9.17) is 21.1 Å². The van der Waals surface area contributed by atoms with Crippen LogP contribution in [0.2, 0.25) is 5.02 Å². The number of halogens is 2. The lowest BCUT2D eigenvalue weighted by molar-refractivity contribution is -0.163. The molecule has 0 saturated carbocycles. The van der Waals surface area contributed by atoms with Crippen molar-refractivity contribution < 1.29 is 33.0 Å². The molecule has 1 aromatic heterocycles. The molecular formula is C36H38ClFN6O6. The number of hydrogen-bond acceptors (Lipinski definition) is 8. The average molecular weight is 705 g/mol. The highest BCUT2D eigenvalue weighted by Gasteiger charge is 2.40. The summed E-state index contributed by atoms with van der Waals surface area (Å²) in [5, 5.41) is 15.1. The van der Waals surface area contributed by atoms with E-state index in [0.29, 0.717) is 21.9 Å². The highest BCUT2D eigenvalue weighted by Crippen LogP contribution is 2.39. The van der Waals surface area contributed by atoms with Crippen molar-refractivity contribution in [1.82, 2.24) is 25.3 Å². The van der Waals surface area contributed by atoms with Gasteiger partial charge in [-0.2, -0.15) is 5.10 Å². The van der Waals surface area contributed by atoms with Crippen LogP contribution in [0.1, 0.15) is 74.0 Å². The zero-order valence-electron chi connectivity index (χ0n) is 28.3. The van der Waals surface area contributed by atoms with Gasteiger partial charge in [0.15, 0.2) is 0 Å². The van der Waals surface area contributed by atoms with Gasteiger partial charge < -0.3 is 14.8 Å². The van der Waals surface area contributed by atoms with Gasteiger partial charge in [0.05, 0.1) is 12.1 Å². The summed E-state index contributed by atoms with van der Waals surface area (Å²) in [6.07, 6.45) is 1.53. The highest BCUT2D eigenvalue weighted by atomic mass is 35.5. The molecule has 262 valence electrons. The Morgan fingerprint density at radius 2 is 1.80 bits per heavy atom. The molecule has 0 saturated heterocycles. The molecule has 0 unspecified atom stereocenters. The summed E-state index contributed by atoms with van der Waals surface area (Å²) in [6.45, 7) is 9.14. The van der Waals surface area contributed by atoms with Crippen LogP contribution in [0.15, 0.2) is 66.0 Å². The summed E-state index contributed by atoms with van der Waals surface area (Å²) in [5.41, 5.74) is 3.05. The number of aryl methyl sites for hydroxylation is 2. The second-order valence-corrected chi connectivity index (χ2v) is 13.1. The fraction of sp³-hybridized carbons (Fsp3) is 0.333. The number of aromatic nitrogens is 3. The third-order valence-electron chi connectivity index (χ3n) is 8.32. The van der Waals surface area contributed by atoms with Gasteiger partial charge in [0.1, 0.15) is 23.9 Å². The largest absolute Gasteiger partial charge is 0.447 e. The number of hydrazone groups is 1. The summed E-state index contributed by atoms with van der Waals surface area (Å²) < 4.78 is 27.1. The number of nitrogens with zero attached hydrogens (tertiary/aromatic N) is 4. The van der Waals surface area contributed by atoms with Gasteiger partial charge in [-0.1, -0.05) is 50.6 Å². The number of ether oxygens (including phenoxy) is 2. The smallest absolute Gasteiger partial charge is 0.310 e. The van der Waals surface area contributed by atoms with E-state index in [-0.39, 0.29) is 31.4 Å². The third-order valence-corrected chi connectivity index (χ3v) is 8.55. The molecule has 2 amide bonds. The van der Waals surface area contributed by atoms with Crippen molar-refractivity contribution >= 4 is 41.6 Å². The summed E-state index contributed by atoms with van der Waals surface area (Å²) in [5.74, 6) is -2.65. The van der Waals surface area contributed by atoms with Crippen molar-refractivity contribution in [1.29, 1.82) is 0 Å². The molecule has 14 heteroatoms. The lowest BCUT2D eigenvalue weighted by Gasteiger charge is -2.30. The predicted octanol–water partition coefficient (Wildman–Crippen LogP) is 5.78. The van der Waals surface area contributed by atoms with Gasteiger partial charge in [-0.15, -0.1) is 5.10 Å². The monoisotopic (exact) mass is 704 g/mol. The number of rotatable bonds is 12. The minimum atomic E-state index is -1.54. The van der Waals surface area contributed by atoms with Gasteiger partial charge >= 0.3 is 11.9 Å². The first kappa shape index (κ1) is 36.0. The van der Waals surface area contributed by atoms with Crippen LogP contribution in [0.3, 0.4) is 0 Å². The number of carbonyl (C=O) groups is 4. The van der Waals surface area contributed by atoms with Crippen LogP contribution in [0, 0.1) is 19.7 Å². The van der Waals surface area contributed by atoms with Gasteiger partial charge in [-0.05, 0) is 66.9 Å². The van der Waals surface area contributed by atoms with Crippen LogP contribution in [0.4, 0.5) is 4.39 Å². The van der Waals surface area contributed by atoms with Gasteiger partial charge in [0.25, 0.3) is 5.91 Å². The maximum absolute atomic E-state index is 14.1. The molecule has 0 spiro atoms. The van der Waals surface area contributed by atoms with Crippen LogP contribution in [0.5, 0.6) is 5.75 Å². The molecule has 1 aliphatic rings. The Balaban J connectivity index is 1.35. The molecule has 0 bridgehead atoms. The van der Waals surface area contributed by atoms with E-state index in [1.807, 2.05) is 33.8 Å². The SMILES string of the molecule is CCC(=O)Oc1cc(C)cc(C)c1C(C)(C)CC(=O)O[C@@H](C(=O)N1N=CC[C@H]1C(=O)NCc1cc(Cl)ccc1-n1cn[nH]1)c1ccc(F)cc1. The Bertz CT molecular complexity index is 1930. The van der Waals surface area contributed by atoms with Gasteiger partial charge in [-0.3, -0.25) is 19.2 Å². The molecule has 3 aromatic carbocycles.